The van der Waals surface area contributed by atoms with E-state index in [4.69, 9.17) is 9.47 Å². The molecule has 28 heavy (non-hydrogen) atoms. The average Bonchev–Trinajstić information content (AvgIpc) is 2.69. The summed E-state index contributed by atoms with van der Waals surface area (Å²) in [5.74, 6) is 0.311. The Morgan fingerprint density at radius 1 is 1.07 bits per heavy atom. The molecule has 2 aromatic rings. The number of hydrogen-bond acceptors (Lipinski definition) is 5. The molecule has 0 aliphatic heterocycles. The highest BCUT2D eigenvalue weighted by atomic mass is 16.6. The van der Waals surface area contributed by atoms with Crippen molar-refractivity contribution in [2.45, 2.75) is 20.3 Å². The van der Waals surface area contributed by atoms with Gasteiger partial charge in [0.25, 0.3) is 0 Å². The molecular formula is C21H26N2O5. The molecule has 0 aromatic heterocycles. The van der Waals surface area contributed by atoms with Crippen LogP contribution in [0.1, 0.15) is 18.9 Å². The minimum absolute atomic E-state index is 0.311. The lowest BCUT2D eigenvalue weighted by atomic mass is 10.2. The maximum Gasteiger partial charge on any atom is 0.419 e. The molecule has 0 aliphatic carbocycles. The normalized spacial score (nSPS) is 10.2. The summed E-state index contributed by atoms with van der Waals surface area (Å²) in [4.78, 5) is 25.7. The average molecular weight is 386 g/mol. The first-order valence-corrected chi connectivity index (χ1v) is 9.12. The molecule has 2 rings (SSSR count). The summed E-state index contributed by atoms with van der Waals surface area (Å²) in [6.45, 7) is 5.42. The maximum atomic E-state index is 12.8. The fourth-order valence-corrected chi connectivity index (χ4v) is 2.41. The number of carbonyl (C=O) groups is 2. The number of hydrogen-bond donors (Lipinski definition) is 1. The summed E-state index contributed by atoms with van der Waals surface area (Å²) in [6, 6.07) is 14.1. The van der Waals surface area contributed by atoms with Gasteiger partial charge in [0.05, 0.1) is 20.3 Å². The van der Waals surface area contributed by atoms with Crippen LogP contribution in [0, 0.1) is 6.92 Å². The Hall–Kier alpha value is -3.06. The topological polar surface area (TPSA) is 77.1 Å². The van der Waals surface area contributed by atoms with Crippen LogP contribution in [0.25, 0.3) is 0 Å². The van der Waals surface area contributed by atoms with Gasteiger partial charge in [-0.05, 0) is 37.6 Å². The number of nitrogens with one attached hydrogen (secondary N) is 1. The Morgan fingerprint density at radius 3 is 2.50 bits per heavy atom. The van der Waals surface area contributed by atoms with Gasteiger partial charge in [0.1, 0.15) is 5.75 Å². The van der Waals surface area contributed by atoms with E-state index in [1.807, 2.05) is 38.1 Å². The lowest BCUT2D eigenvalue weighted by molar-refractivity contribution is 0.139. The first-order valence-electron chi connectivity index (χ1n) is 9.12. The molecule has 0 saturated heterocycles. The number of rotatable bonds is 8. The predicted molar refractivity (Wildman–Crippen MR) is 108 cm³/mol. The van der Waals surface area contributed by atoms with E-state index in [0.717, 1.165) is 17.7 Å². The zero-order chi connectivity index (χ0) is 20.4. The van der Waals surface area contributed by atoms with Crippen LogP contribution in [0.15, 0.2) is 48.5 Å². The summed E-state index contributed by atoms with van der Waals surface area (Å²) >= 11 is 0. The van der Waals surface area contributed by atoms with Crippen molar-refractivity contribution in [3.8, 4) is 5.75 Å². The van der Waals surface area contributed by atoms with Gasteiger partial charge in [-0.2, -0.15) is 0 Å². The van der Waals surface area contributed by atoms with Gasteiger partial charge >= 0.3 is 12.2 Å². The quantitative estimate of drug-likeness (QED) is 0.671. The Kier molecular flexibility index (Phi) is 8.30. The number of ether oxygens (including phenoxy) is 3. The lowest BCUT2D eigenvalue weighted by Gasteiger charge is -2.22. The molecule has 2 amide bonds. The number of aryl methyl sites for hydroxylation is 1. The first kappa shape index (κ1) is 21.2. The van der Waals surface area contributed by atoms with Crippen LogP contribution in [0.3, 0.4) is 0 Å². The van der Waals surface area contributed by atoms with Crippen LogP contribution in [0.4, 0.5) is 21.0 Å². The summed E-state index contributed by atoms with van der Waals surface area (Å²) in [5.41, 5.74) is 2.28. The second kappa shape index (κ2) is 10.9. The Morgan fingerprint density at radius 2 is 1.82 bits per heavy atom. The highest BCUT2D eigenvalue weighted by molar-refractivity contribution is 5.89. The molecule has 7 nitrogen and oxygen atoms in total. The molecule has 7 heteroatoms. The van der Waals surface area contributed by atoms with E-state index in [1.165, 1.54) is 12.0 Å². The number of benzene rings is 2. The Bertz CT molecular complexity index is 777. The van der Waals surface area contributed by atoms with Crippen molar-refractivity contribution < 1.29 is 23.8 Å². The van der Waals surface area contributed by atoms with E-state index in [0.29, 0.717) is 31.2 Å². The smallest absolute Gasteiger partial charge is 0.419 e. The van der Waals surface area contributed by atoms with Crippen LogP contribution in [-0.2, 0) is 9.47 Å². The molecule has 0 atom stereocenters. The van der Waals surface area contributed by atoms with Crippen molar-refractivity contribution in [1.29, 1.82) is 0 Å². The number of amides is 2. The van der Waals surface area contributed by atoms with Crippen molar-refractivity contribution in [2.24, 2.45) is 0 Å². The molecule has 0 saturated carbocycles. The van der Waals surface area contributed by atoms with Gasteiger partial charge in [-0.25, -0.2) is 9.59 Å². The molecule has 0 fully saturated rings. The third-order valence-electron chi connectivity index (χ3n) is 3.84. The van der Waals surface area contributed by atoms with Crippen LogP contribution in [0.2, 0.25) is 0 Å². The summed E-state index contributed by atoms with van der Waals surface area (Å²) < 4.78 is 15.6. The highest BCUT2D eigenvalue weighted by Gasteiger charge is 2.18. The highest BCUT2D eigenvalue weighted by Crippen LogP contribution is 2.21. The van der Waals surface area contributed by atoms with E-state index < -0.39 is 12.2 Å². The van der Waals surface area contributed by atoms with E-state index in [2.05, 4.69) is 10.1 Å². The second-order valence-corrected chi connectivity index (χ2v) is 6.11. The lowest BCUT2D eigenvalue weighted by Crippen LogP contribution is -2.36. The summed E-state index contributed by atoms with van der Waals surface area (Å²) in [6.07, 6.45) is -0.216. The van der Waals surface area contributed by atoms with Crippen LogP contribution in [-0.4, -0.2) is 39.1 Å². The standard InChI is InChI=1S/C21H26N2O5/c1-4-13-27-14-12-23(18-10-8-16(2)9-11-18)21(25)28-19-7-5-6-17(15-19)22-20(24)26-3/h5-11,15H,4,12-14H2,1-3H3,(H,22,24). The molecule has 0 bridgehead atoms. The van der Waals surface area contributed by atoms with Crippen LogP contribution < -0.4 is 15.0 Å². The van der Waals surface area contributed by atoms with E-state index in [-0.39, 0.29) is 0 Å². The SMILES string of the molecule is CCCOCCN(C(=O)Oc1cccc(NC(=O)OC)c1)c1ccc(C)cc1. The maximum absolute atomic E-state index is 12.8. The zero-order valence-electron chi connectivity index (χ0n) is 16.4. The molecule has 150 valence electrons. The molecule has 0 heterocycles. The van der Waals surface area contributed by atoms with Crippen molar-refractivity contribution in [3.05, 3.63) is 54.1 Å². The minimum Gasteiger partial charge on any atom is -0.453 e. The van der Waals surface area contributed by atoms with Crippen molar-refractivity contribution >= 4 is 23.6 Å². The van der Waals surface area contributed by atoms with Gasteiger partial charge in [0.2, 0.25) is 0 Å². The van der Waals surface area contributed by atoms with Crippen LogP contribution >= 0.6 is 0 Å². The Balaban J connectivity index is 2.11. The molecule has 0 unspecified atom stereocenters. The molecule has 0 radical (unpaired) electrons. The minimum atomic E-state index is -0.599. The van der Waals surface area contributed by atoms with E-state index in [9.17, 15) is 9.59 Å². The third-order valence-corrected chi connectivity index (χ3v) is 3.84. The van der Waals surface area contributed by atoms with E-state index in [1.54, 1.807) is 24.3 Å². The zero-order valence-corrected chi connectivity index (χ0v) is 16.4. The van der Waals surface area contributed by atoms with Gasteiger partial charge in [-0.15, -0.1) is 0 Å². The van der Waals surface area contributed by atoms with Gasteiger partial charge in [-0.3, -0.25) is 10.2 Å². The molecule has 1 N–H and O–H groups in total. The molecule has 0 spiro atoms. The summed E-state index contributed by atoms with van der Waals surface area (Å²) in [7, 11) is 1.28. The fraction of sp³-hybridized carbons (Fsp3) is 0.333. The predicted octanol–water partition coefficient (Wildman–Crippen LogP) is 4.61. The van der Waals surface area contributed by atoms with Gasteiger partial charge < -0.3 is 14.2 Å². The van der Waals surface area contributed by atoms with Gasteiger partial charge in [0, 0.05) is 24.0 Å². The second-order valence-electron chi connectivity index (χ2n) is 6.11. The first-order chi connectivity index (χ1) is 13.5. The van der Waals surface area contributed by atoms with Gasteiger partial charge in [0.15, 0.2) is 0 Å². The Labute approximate surface area is 165 Å². The van der Waals surface area contributed by atoms with Gasteiger partial charge in [-0.1, -0.05) is 30.7 Å². The molecule has 2 aromatic carbocycles. The fourth-order valence-electron chi connectivity index (χ4n) is 2.41. The molecular weight excluding hydrogens is 360 g/mol. The van der Waals surface area contributed by atoms with Crippen molar-refractivity contribution in [3.63, 3.8) is 0 Å². The number of nitrogens with zero attached hydrogens (tertiary/aromatic N) is 1. The van der Waals surface area contributed by atoms with Crippen molar-refractivity contribution in [1.82, 2.24) is 0 Å². The summed E-state index contributed by atoms with van der Waals surface area (Å²) in [5, 5.41) is 2.53. The van der Waals surface area contributed by atoms with E-state index >= 15 is 0 Å². The monoisotopic (exact) mass is 386 g/mol. The number of carbonyl (C=O) groups excluding carboxylic acids is 2. The molecule has 0 aliphatic rings. The largest absolute Gasteiger partial charge is 0.453 e. The van der Waals surface area contributed by atoms with Crippen LogP contribution in [0.5, 0.6) is 5.75 Å². The third kappa shape index (κ3) is 6.59. The number of methoxy groups -OCH3 is 1. The number of anilines is 2. The van der Waals surface area contributed by atoms with Crippen molar-refractivity contribution in [2.75, 3.05) is 37.1 Å².